The summed E-state index contributed by atoms with van der Waals surface area (Å²) >= 11 is 0. The lowest BCUT2D eigenvalue weighted by Crippen LogP contribution is -2.42. The van der Waals surface area contributed by atoms with Crippen molar-refractivity contribution in [3.63, 3.8) is 0 Å². The van der Waals surface area contributed by atoms with E-state index in [2.05, 4.69) is 38.0 Å². The standard InChI is InChI=1S/C13H28N2/c1-5-9-13(3,10-14-4)11-15(6-2)12-7-8-12/h12,14H,5-11H2,1-4H3. The molecule has 0 amide bonds. The Bertz CT molecular complexity index is 169. The summed E-state index contributed by atoms with van der Waals surface area (Å²) in [5, 5.41) is 3.36. The van der Waals surface area contributed by atoms with Gasteiger partial charge in [0.25, 0.3) is 0 Å². The van der Waals surface area contributed by atoms with Crippen molar-refractivity contribution in [1.29, 1.82) is 0 Å². The van der Waals surface area contributed by atoms with Gasteiger partial charge in [-0.05, 0) is 38.3 Å². The molecule has 0 aromatic rings. The third-order valence-corrected chi connectivity index (χ3v) is 3.51. The molecule has 1 unspecified atom stereocenters. The summed E-state index contributed by atoms with van der Waals surface area (Å²) in [6, 6.07) is 0.906. The van der Waals surface area contributed by atoms with Gasteiger partial charge in [0.2, 0.25) is 0 Å². The van der Waals surface area contributed by atoms with Crippen LogP contribution < -0.4 is 5.32 Å². The molecule has 1 aliphatic carbocycles. The molecule has 0 bridgehead atoms. The Kier molecular flexibility index (Phi) is 5.07. The van der Waals surface area contributed by atoms with Gasteiger partial charge in [-0.15, -0.1) is 0 Å². The molecule has 0 heterocycles. The van der Waals surface area contributed by atoms with Crippen LogP contribution in [0, 0.1) is 5.41 Å². The second kappa shape index (κ2) is 5.86. The van der Waals surface area contributed by atoms with Gasteiger partial charge in [0.15, 0.2) is 0 Å². The second-order valence-corrected chi connectivity index (χ2v) is 5.39. The number of nitrogens with one attached hydrogen (secondary N) is 1. The maximum atomic E-state index is 3.36. The molecular formula is C13H28N2. The van der Waals surface area contributed by atoms with Crippen molar-refractivity contribution >= 4 is 0 Å². The molecule has 0 aromatic carbocycles. The van der Waals surface area contributed by atoms with Crippen molar-refractivity contribution in [2.24, 2.45) is 5.41 Å². The molecule has 0 spiro atoms. The van der Waals surface area contributed by atoms with Crippen molar-refractivity contribution in [3.8, 4) is 0 Å². The van der Waals surface area contributed by atoms with Crippen molar-refractivity contribution < 1.29 is 0 Å². The van der Waals surface area contributed by atoms with E-state index in [4.69, 9.17) is 0 Å². The van der Waals surface area contributed by atoms with E-state index < -0.39 is 0 Å². The van der Waals surface area contributed by atoms with Gasteiger partial charge in [0.05, 0.1) is 0 Å². The quantitative estimate of drug-likeness (QED) is 0.665. The molecular weight excluding hydrogens is 184 g/mol. The van der Waals surface area contributed by atoms with E-state index in [9.17, 15) is 0 Å². The third-order valence-electron chi connectivity index (χ3n) is 3.51. The average molecular weight is 212 g/mol. The molecule has 1 saturated carbocycles. The first kappa shape index (κ1) is 13.0. The first-order valence-electron chi connectivity index (χ1n) is 6.54. The first-order valence-corrected chi connectivity index (χ1v) is 6.54. The molecule has 0 aliphatic heterocycles. The molecule has 0 saturated heterocycles. The Labute approximate surface area is 95.4 Å². The average Bonchev–Trinajstić information content (AvgIpc) is 2.98. The maximum absolute atomic E-state index is 3.36. The van der Waals surface area contributed by atoms with Gasteiger partial charge in [-0.2, -0.15) is 0 Å². The monoisotopic (exact) mass is 212 g/mol. The summed E-state index contributed by atoms with van der Waals surface area (Å²) in [7, 11) is 2.07. The highest BCUT2D eigenvalue weighted by Crippen LogP contribution is 2.31. The fourth-order valence-corrected chi connectivity index (χ4v) is 2.68. The number of hydrogen-bond acceptors (Lipinski definition) is 2. The SMILES string of the molecule is CCCC(C)(CNC)CN(CC)C1CC1. The highest BCUT2D eigenvalue weighted by molar-refractivity contribution is 4.88. The molecule has 2 heteroatoms. The maximum Gasteiger partial charge on any atom is 0.00965 e. The highest BCUT2D eigenvalue weighted by Gasteiger charge is 2.33. The summed E-state index contributed by atoms with van der Waals surface area (Å²) in [4.78, 5) is 2.67. The molecule has 2 nitrogen and oxygen atoms in total. The third kappa shape index (κ3) is 4.12. The normalized spacial score (nSPS) is 20.6. The number of hydrogen-bond donors (Lipinski definition) is 1. The molecule has 0 radical (unpaired) electrons. The van der Waals surface area contributed by atoms with E-state index in [0.717, 1.165) is 12.6 Å². The first-order chi connectivity index (χ1) is 7.15. The van der Waals surface area contributed by atoms with E-state index in [1.807, 2.05) is 0 Å². The van der Waals surface area contributed by atoms with Gasteiger partial charge < -0.3 is 10.2 Å². The zero-order valence-corrected chi connectivity index (χ0v) is 11.0. The molecule has 1 rings (SSSR count). The molecule has 1 atom stereocenters. The lowest BCUT2D eigenvalue weighted by atomic mass is 9.84. The predicted molar refractivity (Wildman–Crippen MR) is 67.2 cm³/mol. The molecule has 0 aromatic heterocycles. The van der Waals surface area contributed by atoms with Crippen LogP contribution in [-0.4, -0.2) is 37.6 Å². The lowest BCUT2D eigenvalue weighted by molar-refractivity contribution is 0.150. The van der Waals surface area contributed by atoms with Crippen LogP contribution >= 0.6 is 0 Å². The summed E-state index contributed by atoms with van der Waals surface area (Å²) < 4.78 is 0. The van der Waals surface area contributed by atoms with Crippen LogP contribution in [0.1, 0.15) is 46.5 Å². The van der Waals surface area contributed by atoms with Crippen LogP contribution in [0.2, 0.25) is 0 Å². The molecule has 1 N–H and O–H groups in total. The minimum atomic E-state index is 0.460. The van der Waals surface area contributed by atoms with Crippen molar-refractivity contribution in [3.05, 3.63) is 0 Å². The minimum Gasteiger partial charge on any atom is -0.319 e. The van der Waals surface area contributed by atoms with Gasteiger partial charge in [0.1, 0.15) is 0 Å². The van der Waals surface area contributed by atoms with Crippen molar-refractivity contribution in [2.45, 2.75) is 52.5 Å². The summed E-state index contributed by atoms with van der Waals surface area (Å²) in [5.41, 5.74) is 0.460. The van der Waals surface area contributed by atoms with Gasteiger partial charge in [-0.25, -0.2) is 0 Å². The van der Waals surface area contributed by atoms with Crippen LogP contribution in [0.4, 0.5) is 0 Å². The molecule has 1 fully saturated rings. The Morgan fingerprint density at radius 2 is 2.00 bits per heavy atom. The van der Waals surface area contributed by atoms with Crippen LogP contribution in [0.25, 0.3) is 0 Å². The van der Waals surface area contributed by atoms with Crippen LogP contribution in [-0.2, 0) is 0 Å². The summed E-state index contributed by atoms with van der Waals surface area (Å²) in [6.45, 7) is 10.6. The summed E-state index contributed by atoms with van der Waals surface area (Å²) in [6.07, 6.45) is 5.47. The molecule has 90 valence electrons. The van der Waals surface area contributed by atoms with Crippen LogP contribution in [0.15, 0.2) is 0 Å². The van der Waals surface area contributed by atoms with Gasteiger partial charge in [-0.1, -0.05) is 27.2 Å². The van der Waals surface area contributed by atoms with E-state index in [-0.39, 0.29) is 0 Å². The summed E-state index contributed by atoms with van der Waals surface area (Å²) in [5.74, 6) is 0. The molecule has 1 aliphatic rings. The second-order valence-electron chi connectivity index (χ2n) is 5.39. The fraction of sp³-hybridized carbons (Fsp3) is 1.00. The fourth-order valence-electron chi connectivity index (χ4n) is 2.68. The van der Waals surface area contributed by atoms with Crippen molar-refractivity contribution in [2.75, 3.05) is 26.7 Å². The number of rotatable bonds is 8. The van der Waals surface area contributed by atoms with E-state index in [1.165, 1.54) is 38.8 Å². The smallest absolute Gasteiger partial charge is 0.00965 e. The zero-order chi connectivity index (χ0) is 11.3. The van der Waals surface area contributed by atoms with E-state index in [1.54, 1.807) is 0 Å². The predicted octanol–water partition coefficient (Wildman–Crippen LogP) is 2.50. The zero-order valence-electron chi connectivity index (χ0n) is 11.0. The van der Waals surface area contributed by atoms with Crippen molar-refractivity contribution in [1.82, 2.24) is 10.2 Å². The number of nitrogens with zero attached hydrogens (tertiary/aromatic N) is 1. The Hall–Kier alpha value is -0.0800. The lowest BCUT2D eigenvalue weighted by Gasteiger charge is -2.35. The van der Waals surface area contributed by atoms with Gasteiger partial charge in [0, 0.05) is 19.1 Å². The largest absolute Gasteiger partial charge is 0.319 e. The van der Waals surface area contributed by atoms with E-state index in [0.29, 0.717) is 5.41 Å². The topological polar surface area (TPSA) is 15.3 Å². The molecule has 15 heavy (non-hydrogen) atoms. The highest BCUT2D eigenvalue weighted by atomic mass is 15.2. The Morgan fingerprint density at radius 3 is 2.40 bits per heavy atom. The van der Waals surface area contributed by atoms with Crippen LogP contribution in [0.3, 0.4) is 0 Å². The van der Waals surface area contributed by atoms with Gasteiger partial charge >= 0.3 is 0 Å². The Balaban J connectivity index is 2.46. The Morgan fingerprint density at radius 1 is 1.33 bits per heavy atom. The van der Waals surface area contributed by atoms with Gasteiger partial charge in [-0.3, -0.25) is 0 Å². The van der Waals surface area contributed by atoms with E-state index >= 15 is 0 Å². The minimum absolute atomic E-state index is 0.460. The van der Waals surface area contributed by atoms with Crippen LogP contribution in [0.5, 0.6) is 0 Å².